The second kappa shape index (κ2) is 3.57. The molecule has 1 heterocycles. The molecular weight excluding hydrogens is 134 g/mol. The topological polar surface area (TPSA) is 12.0 Å². The summed E-state index contributed by atoms with van der Waals surface area (Å²) in [4.78, 5) is 0. The molecule has 66 valence electrons. The molecule has 0 aromatic rings. The van der Waals surface area contributed by atoms with Gasteiger partial charge in [-0.1, -0.05) is 20.8 Å². The van der Waals surface area contributed by atoms with Gasteiger partial charge in [0.05, 0.1) is 0 Å². The van der Waals surface area contributed by atoms with Crippen LogP contribution in [0.5, 0.6) is 0 Å². The van der Waals surface area contributed by atoms with Crippen LogP contribution in [0.3, 0.4) is 0 Å². The number of hydrogen-bond donors (Lipinski definition) is 1. The molecule has 0 amide bonds. The molecule has 1 N–H and O–H groups in total. The minimum Gasteiger partial charge on any atom is -0.316 e. The number of nitrogens with one attached hydrogen (secondary N) is 1. The molecule has 0 bridgehead atoms. The SMILES string of the molecule is CC1CCC(C)(C)CCNC1. The van der Waals surface area contributed by atoms with E-state index in [4.69, 9.17) is 0 Å². The molecular formula is C10H21N. The molecule has 0 aromatic carbocycles. The van der Waals surface area contributed by atoms with Crippen molar-refractivity contribution >= 4 is 0 Å². The zero-order valence-corrected chi connectivity index (χ0v) is 8.11. The molecule has 0 saturated carbocycles. The molecule has 0 aliphatic carbocycles. The molecule has 1 heteroatoms. The summed E-state index contributed by atoms with van der Waals surface area (Å²) in [6.07, 6.45) is 4.12. The predicted octanol–water partition coefficient (Wildman–Crippen LogP) is 2.42. The number of rotatable bonds is 0. The molecule has 1 aliphatic heterocycles. The van der Waals surface area contributed by atoms with Crippen LogP contribution in [-0.4, -0.2) is 13.1 Å². The van der Waals surface area contributed by atoms with Gasteiger partial charge in [0.2, 0.25) is 0 Å². The minimum atomic E-state index is 0.571. The van der Waals surface area contributed by atoms with Gasteiger partial charge in [-0.05, 0) is 43.7 Å². The summed E-state index contributed by atoms with van der Waals surface area (Å²) in [6, 6.07) is 0. The zero-order valence-electron chi connectivity index (χ0n) is 8.11. The van der Waals surface area contributed by atoms with Gasteiger partial charge < -0.3 is 5.32 Å². The van der Waals surface area contributed by atoms with Crippen molar-refractivity contribution in [1.29, 1.82) is 0 Å². The smallest absolute Gasteiger partial charge is 0.00231 e. The first kappa shape index (κ1) is 9.05. The molecule has 1 aliphatic rings. The Bertz CT molecular complexity index is 118. The lowest BCUT2D eigenvalue weighted by molar-refractivity contribution is 0.248. The maximum atomic E-state index is 3.49. The molecule has 1 saturated heterocycles. The predicted molar refractivity (Wildman–Crippen MR) is 49.7 cm³/mol. The second-order valence-electron chi connectivity index (χ2n) is 4.76. The van der Waals surface area contributed by atoms with Gasteiger partial charge in [0, 0.05) is 0 Å². The lowest BCUT2D eigenvalue weighted by Gasteiger charge is -2.29. The highest BCUT2D eigenvalue weighted by Crippen LogP contribution is 2.29. The van der Waals surface area contributed by atoms with Gasteiger partial charge in [0.15, 0.2) is 0 Å². The molecule has 1 unspecified atom stereocenters. The van der Waals surface area contributed by atoms with Crippen molar-refractivity contribution in [2.24, 2.45) is 11.3 Å². The van der Waals surface area contributed by atoms with Gasteiger partial charge in [-0.2, -0.15) is 0 Å². The van der Waals surface area contributed by atoms with Crippen LogP contribution in [-0.2, 0) is 0 Å². The van der Waals surface area contributed by atoms with Crippen LogP contribution in [0.15, 0.2) is 0 Å². The third-order valence-electron chi connectivity index (χ3n) is 2.79. The van der Waals surface area contributed by atoms with Crippen LogP contribution in [0.2, 0.25) is 0 Å². The third kappa shape index (κ3) is 3.24. The molecule has 1 rings (SSSR count). The largest absolute Gasteiger partial charge is 0.316 e. The fourth-order valence-corrected chi connectivity index (χ4v) is 1.64. The average Bonchev–Trinajstić information content (AvgIpc) is 1.92. The maximum absolute atomic E-state index is 3.49. The molecule has 0 radical (unpaired) electrons. The lowest BCUT2D eigenvalue weighted by atomic mass is 9.81. The van der Waals surface area contributed by atoms with E-state index in [1.807, 2.05) is 0 Å². The quantitative estimate of drug-likeness (QED) is 0.566. The Balaban J connectivity index is 2.38. The van der Waals surface area contributed by atoms with Gasteiger partial charge in [-0.3, -0.25) is 0 Å². The number of hydrogen-bond acceptors (Lipinski definition) is 1. The van der Waals surface area contributed by atoms with Crippen molar-refractivity contribution in [3.05, 3.63) is 0 Å². The Hall–Kier alpha value is -0.0400. The van der Waals surface area contributed by atoms with Crippen LogP contribution in [0.1, 0.15) is 40.0 Å². The van der Waals surface area contributed by atoms with Crippen LogP contribution in [0.25, 0.3) is 0 Å². The van der Waals surface area contributed by atoms with Crippen LogP contribution in [0, 0.1) is 11.3 Å². The molecule has 1 fully saturated rings. The van der Waals surface area contributed by atoms with Crippen molar-refractivity contribution < 1.29 is 0 Å². The summed E-state index contributed by atoms with van der Waals surface area (Å²) >= 11 is 0. The van der Waals surface area contributed by atoms with E-state index in [1.54, 1.807) is 0 Å². The van der Waals surface area contributed by atoms with Gasteiger partial charge in [-0.15, -0.1) is 0 Å². The Morgan fingerprint density at radius 2 is 2.00 bits per heavy atom. The Morgan fingerprint density at radius 3 is 2.73 bits per heavy atom. The van der Waals surface area contributed by atoms with E-state index in [1.165, 1.54) is 32.4 Å². The first-order valence-corrected chi connectivity index (χ1v) is 4.81. The molecule has 11 heavy (non-hydrogen) atoms. The molecule has 1 atom stereocenters. The zero-order chi connectivity index (χ0) is 8.32. The summed E-state index contributed by atoms with van der Waals surface area (Å²) in [5.41, 5.74) is 0.571. The van der Waals surface area contributed by atoms with Crippen molar-refractivity contribution in [3.63, 3.8) is 0 Å². The standard InChI is InChI=1S/C10H21N/c1-9-4-5-10(2,3)6-7-11-8-9/h9,11H,4-8H2,1-3H3. The summed E-state index contributed by atoms with van der Waals surface area (Å²) in [5, 5.41) is 3.49. The highest BCUT2D eigenvalue weighted by molar-refractivity contribution is 4.74. The van der Waals surface area contributed by atoms with Crippen LogP contribution in [0.4, 0.5) is 0 Å². The summed E-state index contributed by atoms with van der Waals surface area (Å²) in [5.74, 6) is 0.870. The van der Waals surface area contributed by atoms with Crippen LogP contribution >= 0.6 is 0 Å². The third-order valence-corrected chi connectivity index (χ3v) is 2.79. The van der Waals surface area contributed by atoms with Crippen molar-refractivity contribution in [2.75, 3.05) is 13.1 Å². The monoisotopic (exact) mass is 155 g/mol. The maximum Gasteiger partial charge on any atom is -0.00231 e. The minimum absolute atomic E-state index is 0.571. The van der Waals surface area contributed by atoms with Gasteiger partial charge in [0.1, 0.15) is 0 Å². The fourth-order valence-electron chi connectivity index (χ4n) is 1.64. The second-order valence-corrected chi connectivity index (χ2v) is 4.76. The molecule has 0 spiro atoms. The van der Waals surface area contributed by atoms with Gasteiger partial charge >= 0.3 is 0 Å². The summed E-state index contributed by atoms with van der Waals surface area (Å²) < 4.78 is 0. The van der Waals surface area contributed by atoms with E-state index < -0.39 is 0 Å². The van der Waals surface area contributed by atoms with E-state index in [2.05, 4.69) is 26.1 Å². The highest BCUT2D eigenvalue weighted by Gasteiger charge is 2.20. The Labute approximate surface area is 70.6 Å². The van der Waals surface area contributed by atoms with E-state index >= 15 is 0 Å². The first-order valence-electron chi connectivity index (χ1n) is 4.81. The lowest BCUT2D eigenvalue weighted by Crippen LogP contribution is -2.30. The normalized spacial score (nSPS) is 32.5. The average molecular weight is 155 g/mol. The summed E-state index contributed by atoms with van der Waals surface area (Å²) in [7, 11) is 0. The van der Waals surface area contributed by atoms with Gasteiger partial charge in [-0.25, -0.2) is 0 Å². The van der Waals surface area contributed by atoms with Crippen molar-refractivity contribution in [3.8, 4) is 0 Å². The Morgan fingerprint density at radius 1 is 1.27 bits per heavy atom. The van der Waals surface area contributed by atoms with Crippen LogP contribution < -0.4 is 5.32 Å². The van der Waals surface area contributed by atoms with E-state index in [0.717, 1.165) is 5.92 Å². The first-order chi connectivity index (χ1) is 5.10. The fraction of sp³-hybridized carbons (Fsp3) is 1.00. The van der Waals surface area contributed by atoms with E-state index in [9.17, 15) is 0 Å². The van der Waals surface area contributed by atoms with E-state index in [0.29, 0.717) is 5.41 Å². The molecule has 1 nitrogen and oxygen atoms in total. The van der Waals surface area contributed by atoms with Crippen molar-refractivity contribution in [2.45, 2.75) is 40.0 Å². The van der Waals surface area contributed by atoms with E-state index in [-0.39, 0.29) is 0 Å². The summed E-state index contributed by atoms with van der Waals surface area (Å²) in [6.45, 7) is 9.53. The van der Waals surface area contributed by atoms with Gasteiger partial charge in [0.25, 0.3) is 0 Å². The highest BCUT2D eigenvalue weighted by atomic mass is 14.9. The Kier molecular flexibility index (Phi) is 2.94. The molecule has 0 aromatic heterocycles. The van der Waals surface area contributed by atoms with Crippen molar-refractivity contribution in [1.82, 2.24) is 5.32 Å².